The fourth-order valence-corrected chi connectivity index (χ4v) is 2.69. The molecule has 2 aromatic heterocycles. The number of pyridine rings is 1. The molecule has 128 valence electrons. The van der Waals surface area contributed by atoms with Crippen molar-refractivity contribution in [2.75, 3.05) is 11.9 Å². The van der Waals surface area contributed by atoms with Gasteiger partial charge in [0.15, 0.2) is 5.82 Å². The standard InChI is InChI=1S/C20H22N4O/c1-13-7-4-5-9-17(13)18(25)12-22-19-14(2)15(3)23-20(24-19)16-8-6-10-21-11-16/h4-11,18,25H,12H2,1-3H3,(H,22,23,24). The van der Waals surface area contributed by atoms with Crippen molar-refractivity contribution in [3.05, 3.63) is 71.2 Å². The second-order valence-corrected chi connectivity index (χ2v) is 6.10. The van der Waals surface area contributed by atoms with Crippen molar-refractivity contribution in [2.24, 2.45) is 0 Å². The molecule has 2 N–H and O–H groups in total. The van der Waals surface area contributed by atoms with Gasteiger partial charge in [-0.2, -0.15) is 0 Å². The Labute approximate surface area is 147 Å². The van der Waals surface area contributed by atoms with Crippen LogP contribution in [-0.4, -0.2) is 26.6 Å². The van der Waals surface area contributed by atoms with Crippen molar-refractivity contribution >= 4 is 5.82 Å². The fraction of sp³-hybridized carbons (Fsp3) is 0.250. The zero-order valence-electron chi connectivity index (χ0n) is 14.7. The molecule has 0 aliphatic heterocycles. The van der Waals surface area contributed by atoms with Crippen LogP contribution in [0.5, 0.6) is 0 Å². The third-order valence-electron chi connectivity index (χ3n) is 4.32. The maximum Gasteiger partial charge on any atom is 0.163 e. The minimum absolute atomic E-state index is 0.384. The number of aliphatic hydroxyl groups excluding tert-OH is 1. The van der Waals surface area contributed by atoms with Gasteiger partial charge in [0.25, 0.3) is 0 Å². The van der Waals surface area contributed by atoms with Gasteiger partial charge in [0.05, 0.1) is 6.10 Å². The van der Waals surface area contributed by atoms with Gasteiger partial charge in [-0.05, 0) is 44.0 Å². The average molecular weight is 334 g/mol. The van der Waals surface area contributed by atoms with Crippen LogP contribution in [0.25, 0.3) is 11.4 Å². The molecule has 0 saturated carbocycles. The van der Waals surface area contributed by atoms with Gasteiger partial charge in [0.1, 0.15) is 5.82 Å². The number of nitrogens with one attached hydrogen (secondary N) is 1. The minimum Gasteiger partial charge on any atom is -0.387 e. The molecule has 2 heterocycles. The molecular weight excluding hydrogens is 312 g/mol. The van der Waals surface area contributed by atoms with Crippen LogP contribution < -0.4 is 5.32 Å². The number of hydrogen-bond acceptors (Lipinski definition) is 5. The van der Waals surface area contributed by atoms with Gasteiger partial charge in [0.2, 0.25) is 0 Å². The van der Waals surface area contributed by atoms with Crippen LogP contribution in [0.1, 0.15) is 28.5 Å². The van der Waals surface area contributed by atoms with Crippen molar-refractivity contribution in [1.82, 2.24) is 15.0 Å². The van der Waals surface area contributed by atoms with Gasteiger partial charge in [0, 0.05) is 35.8 Å². The summed E-state index contributed by atoms with van der Waals surface area (Å²) >= 11 is 0. The highest BCUT2D eigenvalue weighted by Crippen LogP contribution is 2.23. The van der Waals surface area contributed by atoms with Gasteiger partial charge < -0.3 is 10.4 Å². The summed E-state index contributed by atoms with van der Waals surface area (Å²) in [6.45, 7) is 6.32. The summed E-state index contributed by atoms with van der Waals surface area (Å²) in [7, 11) is 0. The van der Waals surface area contributed by atoms with E-state index in [-0.39, 0.29) is 0 Å². The Bertz CT molecular complexity index is 865. The van der Waals surface area contributed by atoms with Crippen LogP contribution in [0.15, 0.2) is 48.8 Å². The molecule has 0 saturated heterocycles. The summed E-state index contributed by atoms with van der Waals surface area (Å²) in [5.41, 5.74) is 4.74. The number of anilines is 1. The number of nitrogens with zero attached hydrogens (tertiary/aromatic N) is 3. The van der Waals surface area contributed by atoms with Crippen LogP contribution in [0, 0.1) is 20.8 Å². The fourth-order valence-electron chi connectivity index (χ4n) is 2.69. The smallest absolute Gasteiger partial charge is 0.163 e. The zero-order valence-corrected chi connectivity index (χ0v) is 14.7. The molecule has 25 heavy (non-hydrogen) atoms. The van der Waals surface area contributed by atoms with E-state index in [1.807, 2.05) is 57.2 Å². The molecule has 5 nitrogen and oxygen atoms in total. The number of benzene rings is 1. The van der Waals surface area contributed by atoms with E-state index < -0.39 is 6.10 Å². The van der Waals surface area contributed by atoms with Gasteiger partial charge in [-0.3, -0.25) is 4.98 Å². The molecule has 1 aromatic carbocycles. The molecule has 0 aliphatic carbocycles. The molecule has 0 radical (unpaired) electrons. The van der Waals surface area contributed by atoms with Crippen molar-refractivity contribution in [3.8, 4) is 11.4 Å². The lowest BCUT2D eigenvalue weighted by Gasteiger charge is -2.17. The molecule has 3 rings (SSSR count). The topological polar surface area (TPSA) is 70.9 Å². The van der Waals surface area contributed by atoms with E-state index in [1.165, 1.54) is 0 Å². The first kappa shape index (κ1) is 17.0. The lowest BCUT2D eigenvalue weighted by Crippen LogP contribution is -2.15. The second-order valence-electron chi connectivity index (χ2n) is 6.10. The predicted molar refractivity (Wildman–Crippen MR) is 99.4 cm³/mol. The molecular formula is C20H22N4O. The van der Waals surface area contributed by atoms with Crippen LogP contribution in [0.3, 0.4) is 0 Å². The largest absolute Gasteiger partial charge is 0.387 e. The number of aliphatic hydroxyl groups is 1. The maximum absolute atomic E-state index is 10.5. The summed E-state index contributed by atoms with van der Waals surface area (Å²) in [5, 5.41) is 13.8. The first-order valence-corrected chi connectivity index (χ1v) is 8.29. The van der Waals surface area contributed by atoms with E-state index in [4.69, 9.17) is 0 Å². The van der Waals surface area contributed by atoms with Gasteiger partial charge in [-0.1, -0.05) is 24.3 Å². The molecule has 0 spiro atoms. The summed E-state index contributed by atoms with van der Waals surface area (Å²) in [5.74, 6) is 1.36. The van der Waals surface area contributed by atoms with E-state index in [2.05, 4.69) is 20.3 Å². The highest BCUT2D eigenvalue weighted by molar-refractivity contribution is 5.58. The summed E-state index contributed by atoms with van der Waals surface area (Å²) < 4.78 is 0. The zero-order chi connectivity index (χ0) is 17.8. The molecule has 1 unspecified atom stereocenters. The van der Waals surface area contributed by atoms with Crippen LogP contribution >= 0.6 is 0 Å². The first-order chi connectivity index (χ1) is 12.1. The Hall–Kier alpha value is -2.79. The highest BCUT2D eigenvalue weighted by atomic mass is 16.3. The van der Waals surface area contributed by atoms with Crippen LogP contribution in [0.4, 0.5) is 5.82 Å². The maximum atomic E-state index is 10.5. The van der Waals surface area contributed by atoms with Crippen molar-refractivity contribution in [1.29, 1.82) is 0 Å². The summed E-state index contributed by atoms with van der Waals surface area (Å²) in [6, 6.07) is 11.6. The Morgan fingerprint density at radius 1 is 1.04 bits per heavy atom. The number of aryl methyl sites for hydroxylation is 2. The lowest BCUT2D eigenvalue weighted by atomic mass is 10.0. The normalized spacial score (nSPS) is 12.0. The third kappa shape index (κ3) is 3.83. The molecule has 3 aromatic rings. The molecule has 0 aliphatic rings. The predicted octanol–water partition coefficient (Wildman–Crippen LogP) is 3.61. The van der Waals surface area contributed by atoms with Gasteiger partial charge in [-0.25, -0.2) is 9.97 Å². The Morgan fingerprint density at radius 3 is 2.56 bits per heavy atom. The van der Waals surface area contributed by atoms with Gasteiger partial charge in [-0.15, -0.1) is 0 Å². The first-order valence-electron chi connectivity index (χ1n) is 8.29. The van der Waals surface area contributed by atoms with Gasteiger partial charge >= 0.3 is 0 Å². The van der Waals surface area contributed by atoms with E-state index in [1.54, 1.807) is 12.4 Å². The van der Waals surface area contributed by atoms with E-state index in [9.17, 15) is 5.11 Å². The minimum atomic E-state index is -0.599. The molecule has 5 heteroatoms. The monoisotopic (exact) mass is 334 g/mol. The molecule has 0 amide bonds. The highest BCUT2D eigenvalue weighted by Gasteiger charge is 2.13. The number of aromatic nitrogens is 3. The summed E-state index contributed by atoms with van der Waals surface area (Å²) in [6.07, 6.45) is 2.87. The van der Waals surface area contributed by atoms with E-state index >= 15 is 0 Å². The SMILES string of the molecule is Cc1ccccc1C(O)CNc1nc(-c2cccnc2)nc(C)c1C. The van der Waals surface area contributed by atoms with Crippen LogP contribution in [-0.2, 0) is 0 Å². The number of hydrogen-bond donors (Lipinski definition) is 2. The third-order valence-corrected chi connectivity index (χ3v) is 4.32. The lowest BCUT2D eigenvalue weighted by molar-refractivity contribution is 0.191. The van der Waals surface area contributed by atoms with Crippen LogP contribution in [0.2, 0.25) is 0 Å². The van der Waals surface area contributed by atoms with E-state index in [0.29, 0.717) is 12.4 Å². The number of rotatable bonds is 5. The Balaban J connectivity index is 1.83. The summed E-state index contributed by atoms with van der Waals surface area (Å²) in [4.78, 5) is 13.3. The molecule has 0 bridgehead atoms. The Kier molecular flexibility index (Phi) is 5.05. The average Bonchev–Trinajstić information content (AvgIpc) is 2.63. The van der Waals surface area contributed by atoms with E-state index in [0.717, 1.165) is 33.8 Å². The van der Waals surface area contributed by atoms with Crippen molar-refractivity contribution < 1.29 is 5.11 Å². The second kappa shape index (κ2) is 7.40. The molecule has 1 atom stereocenters. The van der Waals surface area contributed by atoms with Crippen molar-refractivity contribution in [2.45, 2.75) is 26.9 Å². The quantitative estimate of drug-likeness (QED) is 0.746. The van der Waals surface area contributed by atoms with Crippen molar-refractivity contribution in [3.63, 3.8) is 0 Å². The molecule has 0 fully saturated rings. The Morgan fingerprint density at radius 2 is 1.84 bits per heavy atom.